The highest BCUT2D eigenvalue weighted by atomic mass is 79.9. The van der Waals surface area contributed by atoms with Crippen molar-refractivity contribution >= 4 is 38.3 Å². The van der Waals surface area contributed by atoms with Crippen LogP contribution in [0.3, 0.4) is 0 Å². The van der Waals surface area contributed by atoms with Crippen molar-refractivity contribution in [2.45, 2.75) is 13.8 Å². The Morgan fingerprint density at radius 3 is 2.42 bits per heavy atom. The molecule has 24 heavy (non-hydrogen) atoms. The fraction of sp³-hybridized carbons (Fsp3) is 0.100. The zero-order valence-corrected chi connectivity index (χ0v) is 15.1. The van der Waals surface area contributed by atoms with E-state index in [1.165, 1.54) is 5.39 Å². The van der Waals surface area contributed by atoms with Crippen molar-refractivity contribution < 1.29 is 4.79 Å². The van der Waals surface area contributed by atoms with Crippen LogP contribution in [0.4, 0.5) is 0 Å². The first-order valence-electron chi connectivity index (χ1n) is 7.64. The van der Waals surface area contributed by atoms with Gasteiger partial charge in [0.25, 0.3) is 5.91 Å². The van der Waals surface area contributed by atoms with Gasteiger partial charge in [0.05, 0.1) is 5.71 Å². The molecule has 3 aromatic rings. The first kappa shape index (κ1) is 16.4. The number of carbonyl (C=O) groups is 1. The second kappa shape index (κ2) is 6.97. The third kappa shape index (κ3) is 3.54. The minimum Gasteiger partial charge on any atom is -0.267 e. The largest absolute Gasteiger partial charge is 0.271 e. The molecule has 0 aliphatic heterocycles. The van der Waals surface area contributed by atoms with Gasteiger partial charge in [0.1, 0.15) is 0 Å². The lowest BCUT2D eigenvalue weighted by Gasteiger charge is -2.06. The predicted octanol–water partition coefficient (Wildman–Crippen LogP) is 5.06. The van der Waals surface area contributed by atoms with Gasteiger partial charge in [0.2, 0.25) is 0 Å². The maximum absolute atomic E-state index is 12.2. The van der Waals surface area contributed by atoms with Crippen LogP contribution < -0.4 is 5.43 Å². The van der Waals surface area contributed by atoms with Crippen molar-refractivity contribution in [1.82, 2.24) is 5.43 Å². The second-order valence-corrected chi connectivity index (χ2v) is 6.52. The van der Waals surface area contributed by atoms with Gasteiger partial charge < -0.3 is 0 Å². The number of rotatable bonds is 3. The number of carbonyl (C=O) groups excluding carboxylic acids is 1. The molecule has 3 rings (SSSR count). The number of hydrogen-bond donors (Lipinski definition) is 1. The van der Waals surface area contributed by atoms with Crippen molar-refractivity contribution in [3.63, 3.8) is 0 Å². The first-order chi connectivity index (χ1) is 11.5. The van der Waals surface area contributed by atoms with Gasteiger partial charge in [-0.3, -0.25) is 4.79 Å². The van der Waals surface area contributed by atoms with Crippen LogP contribution >= 0.6 is 15.9 Å². The molecule has 0 fully saturated rings. The molecule has 4 heteroatoms. The summed E-state index contributed by atoms with van der Waals surface area (Å²) in [7, 11) is 0. The minimum atomic E-state index is -0.226. The summed E-state index contributed by atoms with van der Waals surface area (Å²) < 4.78 is 0.908. The zero-order chi connectivity index (χ0) is 17.1. The number of fused-ring (bicyclic) bond motifs is 1. The van der Waals surface area contributed by atoms with Gasteiger partial charge >= 0.3 is 0 Å². The summed E-state index contributed by atoms with van der Waals surface area (Å²) in [5.74, 6) is -0.226. The van der Waals surface area contributed by atoms with Gasteiger partial charge in [-0.2, -0.15) is 5.10 Å². The van der Waals surface area contributed by atoms with Crippen molar-refractivity contribution in [3.05, 3.63) is 81.8 Å². The average Bonchev–Trinajstić information content (AvgIpc) is 2.61. The smallest absolute Gasteiger partial charge is 0.267 e. The van der Waals surface area contributed by atoms with Gasteiger partial charge in [-0.05, 0) is 53.9 Å². The fourth-order valence-electron chi connectivity index (χ4n) is 2.41. The highest BCUT2D eigenvalue weighted by Crippen LogP contribution is 2.18. The lowest BCUT2D eigenvalue weighted by Crippen LogP contribution is -2.19. The average molecular weight is 381 g/mol. The van der Waals surface area contributed by atoms with E-state index in [1.807, 2.05) is 38.1 Å². The van der Waals surface area contributed by atoms with Crippen molar-refractivity contribution in [2.75, 3.05) is 0 Å². The summed E-state index contributed by atoms with van der Waals surface area (Å²) in [6.07, 6.45) is 0. The van der Waals surface area contributed by atoms with E-state index in [1.54, 1.807) is 12.1 Å². The number of nitrogens with zero attached hydrogens (tertiary/aromatic N) is 1. The number of benzene rings is 3. The van der Waals surface area contributed by atoms with Gasteiger partial charge in [-0.25, -0.2) is 5.43 Å². The molecule has 0 heterocycles. The Morgan fingerprint density at radius 2 is 1.67 bits per heavy atom. The molecule has 0 aliphatic rings. The van der Waals surface area contributed by atoms with E-state index in [-0.39, 0.29) is 5.91 Å². The summed E-state index contributed by atoms with van der Waals surface area (Å²) in [5.41, 5.74) is 6.03. The number of nitrogens with one attached hydrogen (secondary N) is 1. The number of halogens is 1. The highest BCUT2D eigenvalue weighted by molar-refractivity contribution is 9.10. The normalized spacial score (nSPS) is 11.5. The van der Waals surface area contributed by atoms with Gasteiger partial charge in [0.15, 0.2) is 0 Å². The predicted molar refractivity (Wildman–Crippen MR) is 103 cm³/mol. The molecule has 3 aromatic carbocycles. The maximum Gasteiger partial charge on any atom is 0.271 e. The van der Waals surface area contributed by atoms with Crippen LogP contribution in [-0.4, -0.2) is 11.6 Å². The first-order valence-corrected chi connectivity index (χ1v) is 8.44. The molecule has 1 amide bonds. The summed E-state index contributed by atoms with van der Waals surface area (Å²) >= 11 is 3.44. The summed E-state index contributed by atoms with van der Waals surface area (Å²) in [5, 5.41) is 6.57. The quantitative estimate of drug-likeness (QED) is 0.500. The van der Waals surface area contributed by atoms with E-state index in [0.717, 1.165) is 26.7 Å². The van der Waals surface area contributed by atoms with Crippen LogP contribution in [0.1, 0.15) is 28.4 Å². The summed E-state index contributed by atoms with van der Waals surface area (Å²) in [6.45, 7) is 3.86. The van der Waals surface area contributed by atoms with Crippen molar-refractivity contribution in [1.29, 1.82) is 0 Å². The van der Waals surface area contributed by atoms with E-state index in [0.29, 0.717) is 5.56 Å². The molecule has 3 nitrogen and oxygen atoms in total. The van der Waals surface area contributed by atoms with E-state index >= 15 is 0 Å². The van der Waals surface area contributed by atoms with E-state index < -0.39 is 0 Å². The monoisotopic (exact) mass is 380 g/mol. The van der Waals surface area contributed by atoms with Gasteiger partial charge in [-0.1, -0.05) is 58.4 Å². The Kier molecular flexibility index (Phi) is 4.76. The standard InChI is InChI=1S/C20H17BrN2O/c1-13-7-8-18(12-19(13)21)20(24)23-22-14(2)16-10-9-15-5-3-4-6-17(15)11-16/h3-12H,1-2H3,(H,23,24)/b22-14+. The molecule has 0 aromatic heterocycles. The fourth-order valence-corrected chi connectivity index (χ4v) is 2.79. The van der Waals surface area contributed by atoms with Crippen LogP contribution in [0, 0.1) is 6.92 Å². The second-order valence-electron chi connectivity index (χ2n) is 5.66. The number of amides is 1. The number of hydrazone groups is 1. The molecule has 0 spiro atoms. The minimum absolute atomic E-state index is 0.226. The third-order valence-electron chi connectivity index (χ3n) is 3.93. The molecule has 0 bridgehead atoms. The molecule has 120 valence electrons. The number of hydrogen-bond acceptors (Lipinski definition) is 2. The topological polar surface area (TPSA) is 41.5 Å². The highest BCUT2D eigenvalue weighted by Gasteiger charge is 2.07. The van der Waals surface area contributed by atoms with Gasteiger partial charge in [0, 0.05) is 10.0 Å². The van der Waals surface area contributed by atoms with E-state index in [9.17, 15) is 4.79 Å². The Bertz CT molecular complexity index is 947. The molecule has 0 aliphatic carbocycles. The molecular formula is C20H17BrN2O. The zero-order valence-electron chi connectivity index (χ0n) is 13.5. The van der Waals surface area contributed by atoms with Crippen LogP contribution in [0.5, 0.6) is 0 Å². The Labute approximate surface area is 149 Å². The Morgan fingerprint density at radius 1 is 0.958 bits per heavy atom. The maximum atomic E-state index is 12.2. The SMILES string of the molecule is C/C(=N\NC(=O)c1ccc(C)c(Br)c1)c1ccc2ccccc2c1. The van der Waals surface area contributed by atoms with Gasteiger partial charge in [-0.15, -0.1) is 0 Å². The lowest BCUT2D eigenvalue weighted by atomic mass is 10.0. The summed E-state index contributed by atoms with van der Waals surface area (Å²) in [6, 6.07) is 19.8. The molecule has 0 unspecified atom stereocenters. The Hall–Kier alpha value is -2.46. The van der Waals surface area contributed by atoms with E-state index in [4.69, 9.17) is 0 Å². The Balaban J connectivity index is 1.79. The molecular weight excluding hydrogens is 364 g/mol. The van der Waals surface area contributed by atoms with Crippen LogP contribution in [0.25, 0.3) is 10.8 Å². The van der Waals surface area contributed by atoms with Crippen LogP contribution in [0.15, 0.2) is 70.2 Å². The van der Waals surface area contributed by atoms with Crippen molar-refractivity contribution in [3.8, 4) is 0 Å². The molecule has 0 atom stereocenters. The van der Waals surface area contributed by atoms with Crippen LogP contribution in [-0.2, 0) is 0 Å². The number of aryl methyl sites for hydroxylation is 1. The van der Waals surface area contributed by atoms with Crippen LogP contribution in [0.2, 0.25) is 0 Å². The third-order valence-corrected chi connectivity index (χ3v) is 4.78. The molecule has 0 saturated carbocycles. The molecule has 1 N–H and O–H groups in total. The van der Waals surface area contributed by atoms with Crippen molar-refractivity contribution in [2.24, 2.45) is 5.10 Å². The molecule has 0 saturated heterocycles. The molecule has 0 radical (unpaired) electrons. The lowest BCUT2D eigenvalue weighted by molar-refractivity contribution is 0.0955. The summed E-state index contributed by atoms with van der Waals surface area (Å²) in [4.78, 5) is 12.2. The van der Waals surface area contributed by atoms with E-state index in [2.05, 4.69) is 50.7 Å².